The van der Waals surface area contributed by atoms with Crippen molar-refractivity contribution in [3.63, 3.8) is 0 Å². The Balaban J connectivity index is 2.78. The lowest BCUT2D eigenvalue weighted by Gasteiger charge is -2.22. The monoisotopic (exact) mass is 328 g/mol. The van der Waals surface area contributed by atoms with Gasteiger partial charge in [0.25, 0.3) is 0 Å². The molecule has 5 nitrogen and oxygen atoms in total. The first-order chi connectivity index (χ1) is 10.6. The first-order valence-electron chi connectivity index (χ1n) is 6.21. The van der Waals surface area contributed by atoms with E-state index in [0.29, 0.717) is 0 Å². The highest BCUT2D eigenvalue weighted by Gasteiger charge is 2.55. The summed E-state index contributed by atoms with van der Waals surface area (Å²) in [6, 6.07) is 2.77. The zero-order valence-corrected chi connectivity index (χ0v) is 11.4. The van der Waals surface area contributed by atoms with Crippen molar-refractivity contribution in [1.29, 1.82) is 10.5 Å². The molecule has 1 aliphatic carbocycles. The minimum absolute atomic E-state index is 0.239. The van der Waals surface area contributed by atoms with Gasteiger partial charge in [-0.2, -0.15) is 23.7 Å². The second-order valence-corrected chi connectivity index (χ2v) is 5.02. The number of carbonyl (C=O) groups is 1. The highest BCUT2D eigenvalue weighted by atomic mass is 19.4. The number of carbonyl (C=O) groups excluding carboxylic acids is 1. The number of aliphatic hydroxyl groups excluding tert-OH is 2. The molecule has 3 unspecified atom stereocenters. The van der Waals surface area contributed by atoms with E-state index in [4.69, 9.17) is 10.5 Å². The molecule has 23 heavy (non-hydrogen) atoms. The topological polar surface area (TPSA) is 105 Å². The predicted molar refractivity (Wildman–Crippen MR) is 65.4 cm³/mol. The molecule has 0 aliphatic heterocycles. The third-order valence-corrected chi connectivity index (χ3v) is 3.82. The number of aliphatic hydroxyl groups is 2. The standard InChI is InChI=1S/C14H8F4N2O3/c1-4-5(2-19)10(15)6(3-20)8-7(4)11(21)9(12(8)22)13(23)14(16,17)18/h9,11,13,21,23H,1H3. The minimum Gasteiger partial charge on any atom is -0.387 e. The lowest BCUT2D eigenvalue weighted by Crippen LogP contribution is -2.40. The molecule has 0 saturated carbocycles. The van der Waals surface area contributed by atoms with Gasteiger partial charge in [0.1, 0.15) is 17.7 Å². The number of benzene rings is 1. The van der Waals surface area contributed by atoms with Crippen molar-refractivity contribution in [3.05, 3.63) is 33.6 Å². The molecule has 0 bridgehead atoms. The molecule has 9 heteroatoms. The third kappa shape index (κ3) is 2.25. The molecule has 1 aliphatic rings. The molecule has 3 atom stereocenters. The molecule has 0 aromatic heterocycles. The van der Waals surface area contributed by atoms with Gasteiger partial charge in [-0.3, -0.25) is 4.79 Å². The number of ketones is 1. The van der Waals surface area contributed by atoms with Gasteiger partial charge in [0, 0.05) is 5.56 Å². The van der Waals surface area contributed by atoms with Crippen LogP contribution in [0.1, 0.15) is 38.7 Å². The van der Waals surface area contributed by atoms with Crippen LogP contribution in [0.3, 0.4) is 0 Å². The van der Waals surface area contributed by atoms with Crippen LogP contribution in [0.5, 0.6) is 0 Å². The third-order valence-electron chi connectivity index (χ3n) is 3.82. The molecular formula is C14H8F4N2O3. The molecule has 0 heterocycles. The SMILES string of the molecule is Cc1c(C#N)c(F)c(C#N)c2c1C(O)C(C(O)C(F)(F)F)C2=O. The summed E-state index contributed by atoms with van der Waals surface area (Å²) in [6.45, 7) is 1.14. The molecule has 1 aromatic carbocycles. The first kappa shape index (κ1) is 16.9. The Morgan fingerprint density at radius 3 is 2.17 bits per heavy atom. The zero-order chi connectivity index (χ0) is 17.7. The second-order valence-electron chi connectivity index (χ2n) is 5.02. The maximum absolute atomic E-state index is 14.1. The smallest absolute Gasteiger partial charge is 0.387 e. The van der Waals surface area contributed by atoms with E-state index in [0.717, 1.165) is 6.92 Å². The fraction of sp³-hybridized carbons (Fsp3) is 0.357. The van der Waals surface area contributed by atoms with Gasteiger partial charge in [-0.25, -0.2) is 4.39 Å². The number of nitrogens with zero attached hydrogens (tertiary/aromatic N) is 2. The second kappa shape index (κ2) is 5.30. The van der Waals surface area contributed by atoms with E-state index < -0.39 is 58.2 Å². The van der Waals surface area contributed by atoms with Crippen molar-refractivity contribution >= 4 is 5.78 Å². The highest BCUT2D eigenvalue weighted by Crippen LogP contribution is 2.45. The minimum atomic E-state index is -5.19. The molecule has 0 saturated heterocycles. The van der Waals surface area contributed by atoms with Crippen molar-refractivity contribution in [3.8, 4) is 12.1 Å². The number of hydrogen-bond acceptors (Lipinski definition) is 5. The lowest BCUT2D eigenvalue weighted by atomic mass is 9.93. The van der Waals surface area contributed by atoms with Crippen LogP contribution in [0.15, 0.2) is 0 Å². The van der Waals surface area contributed by atoms with E-state index in [9.17, 15) is 32.6 Å². The van der Waals surface area contributed by atoms with Crippen LogP contribution in [-0.4, -0.2) is 28.3 Å². The Kier molecular flexibility index (Phi) is 3.89. The van der Waals surface area contributed by atoms with E-state index >= 15 is 0 Å². The molecular weight excluding hydrogens is 320 g/mol. The van der Waals surface area contributed by atoms with Crippen LogP contribution in [-0.2, 0) is 0 Å². The Morgan fingerprint density at radius 2 is 1.74 bits per heavy atom. The van der Waals surface area contributed by atoms with E-state index in [2.05, 4.69) is 0 Å². The average molecular weight is 328 g/mol. The Bertz CT molecular complexity index is 789. The van der Waals surface area contributed by atoms with Crippen LogP contribution >= 0.6 is 0 Å². The van der Waals surface area contributed by atoms with Gasteiger partial charge in [0.15, 0.2) is 17.7 Å². The molecule has 2 N–H and O–H groups in total. The van der Waals surface area contributed by atoms with Crippen LogP contribution in [0, 0.1) is 41.3 Å². The van der Waals surface area contributed by atoms with Crippen LogP contribution in [0.2, 0.25) is 0 Å². The summed E-state index contributed by atoms with van der Waals surface area (Å²) in [7, 11) is 0. The van der Waals surface area contributed by atoms with Gasteiger partial charge >= 0.3 is 6.18 Å². The van der Waals surface area contributed by atoms with E-state index in [1.165, 1.54) is 12.1 Å². The van der Waals surface area contributed by atoms with Crippen molar-refractivity contribution in [2.75, 3.05) is 0 Å². The van der Waals surface area contributed by atoms with Gasteiger partial charge < -0.3 is 10.2 Å². The zero-order valence-electron chi connectivity index (χ0n) is 11.4. The summed E-state index contributed by atoms with van der Waals surface area (Å²) in [6.07, 6.45) is -10.5. The number of hydrogen-bond donors (Lipinski definition) is 2. The maximum Gasteiger partial charge on any atom is 0.415 e. The van der Waals surface area contributed by atoms with Gasteiger partial charge in [-0.15, -0.1) is 0 Å². The quantitative estimate of drug-likeness (QED) is 0.763. The van der Waals surface area contributed by atoms with Gasteiger partial charge in [-0.05, 0) is 18.1 Å². The van der Waals surface area contributed by atoms with E-state index in [1.807, 2.05) is 0 Å². The molecule has 0 spiro atoms. The summed E-state index contributed by atoms with van der Waals surface area (Å²) in [4.78, 5) is 12.2. The van der Waals surface area contributed by atoms with Crippen molar-refractivity contribution in [1.82, 2.24) is 0 Å². The van der Waals surface area contributed by atoms with Crippen molar-refractivity contribution in [2.24, 2.45) is 5.92 Å². The number of halogens is 4. The fourth-order valence-electron chi connectivity index (χ4n) is 2.73. The molecule has 0 amide bonds. The molecule has 0 radical (unpaired) electrons. The molecule has 0 fully saturated rings. The largest absolute Gasteiger partial charge is 0.415 e. The first-order valence-corrected chi connectivity index (χ1v) is 6.21. The number of rotatable bonds is 1. The molecule has 120 valence electrons. The highest BCUT2D eigenvalue weighted by molar-refractivity contribution is 6.06. The summed E-state index contributed by atoms with van der Waals surface area (Å²) in [5.41, 5.74) is -2.95. The summed E-state index contributed by atoms with van der Waals surface area (Å²) < 4.78 is 52.1. The summed E-state index contributed by atoms with van der Waals surface area (Å²) >= 11 is 0. The number of alkyl halides is 3. The molecule has 1 aromatic rings. The Labute approximate surface area is 127 Å². The summed E-state index contributed by atoms with van der Waals surface area (Å²) in [5.74, 6) is -5.04. The number of Topliss-reactive ketones (excluding diaryl/α,β-unsaturated/α-hetero) is 1. The maximum atomic E-state index is 14.1. The van der Waals surface area contributed by atoms with Crippen molar-refractivity contribution < 1.29 is 32.6 Å². The lowest BCUT2D eigenvalue weighted by molar-refractivity contribution is -0.221. The van der Waals surface area contributed by atoms with Crippen LogP contribution < -0.4 is 0 Å². The van der Waals surface area contributed by atoms with E-state index in [-0.39, 0.29) is 5.56 Å². The fourth-order valence-corrected chi connectivity index (χ4v) is 2.73. The van der Waals surface area contributed by atoms with Crippen LogP contribution in [0.25, 0.3) is 0 Å². The van der Waals surface area contributed by atoms with Crippen LogP contribution in [0.4, 0.5) is 17.6 Å². The van der Waals surface area contributed by atoms with Gasteiger partial charge in [0.2, 0.25) is 0 Å². The predicted octanol–water partition coefficient (Wildman–Crippen LogP) is 1.65. The van der Waals surface area contributed by atoms with Crippen molar-refractivity contribution in [2.45, 2.75) is 25.3 Å². The number of fused-ring (bicyclic) bond motifs is 1. The normalized spacial score (nSPS) is 21.5. The number of nitriles is 2. The summed E-state index contributed by atoms with van der Waals surface area (Å²) in [5, 5.41) is 37.2. The van der Waals surface area contributed by atoms with Gasteiger partial charge in [0.05, 0.1) is 17.6 Å². The Hall–Kier alpha value is -2.49. The van der Waals surface area contributed by atoms with Gasteiger partial charge in [-0.1, -0.05) is 0 Å². The Morgan fingerprint density at radius 1 is 1.22 bits per heavy atom. The molecule has 2 rings (SSSR count). The van der Waals surface area contributed by atoms with E-state index in [1.54, 1.807) is 0 Å². The average Bonchev–Trinajstić information content (AvgIpc) is 2.70.